The predicted molar refractivity (Wildman–Crippen MR) is 80.7 cm³/mol. The van der Waals surface area contributed by atoms with Crippen LogP contribution in [0.25, 0.3) is 10.1 Å². The number of benzene rings is 1. The third-order valence-electron chi connectivity index (χ3n) is 3.80. The predicted octanol–water partition coefficient (Wildman–Crippen LogP) is 2.23. The van der Waals surface area contributed by atoms with Gasteiger partial charge < -0.3 is 15.3 Å². The fourth-order valence-electron chi connectivity index (χ4n) is 2.65. The topological polar surface area (TPSA) is 35.5 Å². The van der Waals surface area contributed by atoms with Crippen LogP contribution in [0, 0.1) is 0 Å². The van der Waals surface area contributed by atoms with Crippen LogP contribution in [0.15, 0.2) is 29.6 Å². The van der Waals surface area contributed by atoms with E-state index >= 15 is 0 Å². The van der Waals surface area contributed by atoms with Crippen molar-refractivity contribution in [2.45, 2.75) is 12.5 Å². The second-order valence-corrected chi connectivity index (χ2v) is 5.99. The lowest BCUT2D eigenvalue weighted by atomic mass is 10.1. The van der Waals surface area contributed by atoms with E-state index in [0.717, 1.165) is 44.7 Å². The molecule has 1 aromatic carbocycles. The zero-order valence-electron chi connectivity index (χ0n) is 11.0. The SMILES string of the molecule is OC(CCN1CCNCC1)c1csc2ccccc12. The molecule has 4 heteroatoms. The van der Waals surface area contributed by atoms with Gasteiger partial charge in [-0.1, -0.05) is 18.2 Å². The first kappa shape index (κ1) is 13.1. The van der Waals surface area contributed by atoms with Crippen molar-refractivity contribution in [1.82, 2.24) is 10.2 Å². The van der Waals surface area contributed by atoms with Gasteiger partial charge in [-0.3, -0.25) is 0 Å². The lowest BCUT2D eigenvalue weighted by molar-refractivity contribution is 0.138. The third kappa shape index (κ3) is 2.98. The van der Waals surface area contributed by atoms with Crippen LogP contribution in [-0.2, 0) is 0 Å². The maximum Gasteiger partial charge on any atom is 0.0816 e. The number of rotatable bonds is 4. The van der Waals surface area contributed by atoms with Crippen LogP contribution in [0.2, 0.25) is 0 Å². The lowest BCUT2D eigenvalue weighted by Gasteiger charge is -2.27. The summed E-state index contributed by atoms with van der Waals surface area (Å²) in [6.07, 6.45) is 0.479. The fourth-order valence-corrected chi connectivity index (χ4v) is 3.66. The molecule has 1 saturated heterocycles. The van der Waals surface area contributed by atoms with E-state index in [1.165, 1.54) is 10.1 Å². The number of hydrogen-bond donors (Lipinski definition) is 2. The highest BCUT2D eigenvalue weighted by molar-refractivity contribution is 7.17. The highest BCUT2D eigenvalue weighted by Gasteiger charge is 2.15. The van der Waals surface area contributed by atoms with Crippen LogP contribution >= 0.6 is 11.3 Å². The maximum atomic E-state index is 10.4. The smallest absolute Gasteiger partial charge is 0.0816 e. The van der Waals surface area contributed by atoms with Crippen LogP contribution in [0.1, 0.15) is 18.1 Å². The Balaban J connectivity index is 1.64. The molecule has 0 amide bonds. The Labute approximate surface area is 117 Å². The monoisotopic (exact) mass is 276 g/mol. The minimum Gasteiger partial charge on any atom is -0.388 e. The standard InChI is InChI=1S/C15H20N2OS/c18-14(5-8-17-9-6-16-7-10-17)13-11-19-15-4-2-1-3-12(13)15/h1-4,11,14,16,18H,5-10H2. The Kier molecular flexibility index (Phi) is 4.13. The number of aliphatic hydroxyl groups excluding tert-OH is 1. The van der Waals surface area contributed by atoms with Gasteiger partial charge in [0.25, 0.3) is 0 Å². The minimum atomic E-state index is -0.342. The molecule has 19 heavy (non-hydrogen) atoms. The van der Waals surface area contributed by atoms with Gasteiger partial charge in [0.15, 0.2) is 0 Å². The Morgan fingerprint density at radius 2 is 2.05 bits per heavy atom. The number of hydrogen-bond acceptors (Lipinski definition) is 4. The maximum absolute atomic E-state index is 10.4. The summed E-state index contributed by atoms with van der Waals surface area (Å²) in [6.45, 7) is 5.30. The number of nitrogens with one attached hydrogen (secondary N) is 1. The van der Waals surface area contributed by atoms with Crippen molar-refractivity contribution in [2.24, 2.45) is 0 Å². The molecule has 2 aromatic rings. The normalized spacial score (nSPS) is 18.8. The quantitative estimate of drug-likeness (QED) is 0.899. The van der Waals surface area contributed by atoms with Crippen molar-refractivity contribution in [3.63, 3.8) is 0 Å². The minimum absolute atomic E-state index is 0.342. The molecule has 1 aromatic heterocycles. The van der Waals surface area contributed by atoms with Gasteiger partial charge in [0, 0.05) is 37.4 Å². The zero-order valence-corrected chi connectivity index (χ0v) is 11.8. The van der Waals surface area contributed by atoms with Crippen LogP contribution in [0.3, 0.4) is 0 Å². The summed E-state index contributed by atoms with van der Waals surface area (Å²) in [4.78, 5) is 2.42. The molecule has 0 spiro atoms. The molecule has 0 aliphatic carbocycles. The summed E-state index contributed by atoms with van der Waals surface area (Å²) < 4.78 is 1.26. The summed E-state index contributed by atoms with van der Waals surface area (Å²) in [5, 5.41) is 17.1. The van der Waals surface area contributed by atoms with Gasteiger partial charge in [-0.2, -0.15) is 0 Å². The fraction of sp³-hybridized carbons (Fsp3) is 0.467. The van der Waals surface area contributed by atoms with Crippen molar-refractivity contribution in [1.29, 1.82) is 0 Å². The number of thiophene rings is 1. The lowest BCUT2D eigenvalue weighted by Crippen LogP contribution is -2.44. The van der Waals surface area contributed by atoms with Gasteiger partial charge >= 0.3 is 0 Å². The first-order valence-corrected chi connectivity index (χ1v) is 7.80. The molecule has 102 valence electrons. The first-order chi connectivity index (χ1) is 9.34. The molecule has 0 radical (unpaired) electrons. The second kappa shape index (κ2) is 6.01. The van der Waals surface area contributed by atoms with E-state index in [1.807, 2.05) is 6.07 Å². The largest absolute Gasteiger partial charge is 0.388 e. The van der Waals surface area contributed by atoms with Crippen molar-refractivity contribution >= 4 is 21.4 Å². The van der Waals surface area contributed by atoms with Crippen molar-refractivity contribution in [3.05, 3.63) is 35.2 Å². The molecule has 1 unspecified atom stereocenters. The van der Waals surface area contributed by atoms with Gasteiger partial charge in [-0.05, 0) is 28.8 Å². The van der Waals surface area contributed by atoms with Crippen LogP contribution < -0.4 is 5.32 Å². The highest BCUT2D eigenvalue weighted by Crippen LogP contribution is 2.31. The molecule has 3 nitrogen and oxygen atoms in total. The van der Waals surface area contributed by atoms with E-state index in [1.54, 1.807) is 11.3 Å². The molecule has 3 rings (SSSR count). The van der Waals surface area contributed by atoms with Crippen molar-refractivity contribution < 1.29 is 5.11 Å². The average Bonchev–Trinajstić information content (AvgIpc) is 2.90. The molecule has 1 fully saturated rings. The van der Waals surface area contributed by atoms with Gasteiger partial charge in [0.1, 0.15) is 0 Å². The van der Waals surface area contributed by atoms with Gasteiger partial charge in [-0.15, -0.1) is 11.3 Å². The molecule has 2 N–H and O–H groups in total. The van der Waals surface area contributed by atoms with Crippen LogP contribution in [-0.4, -0.2) is 42.7 Å². The van der Waals surface area contributed by atoms with E-state index in [2.05, 4.69) is 33.8 Å². The Morgan fingerprint density at radius 3 is 2.89 bits per heavy atom. The van der Waals surface area contributed by atoms with Crippen molar-refractivity contribution in [2.75, 3.05) is 32.7 Å². The Bertz CT molecular complexity index is 534. The third-order valence-corrected chi connectivity index (χ3v) is 4.78. The van der Waals surface area contributed by atoms with E-state index in [-0.39, 0.29) is 6.10 Å². The van der Waals surface area contributed by atoms with Crippen molar-refractivity contribution in [3.8, 4) is 0 Å². The highest BCUT2D eigenvalue weighted by atomic mass is 32.1. The van der Waals surface area contributed by atoms with E-state index in [0.29, 0.717) is 0 Å². The summed E-state index contributed by atoms with van der Waals surface area (Å²) in [7, 11) is 0. The summed E-state index contributed by atoms with van der Waals surface area (Å²) in [5.74, 6) is 0. The molecule has 1 aliphatic rings. The van der Waals surface area contributed by atoms with E-state index in [4.69, 9.17) is 0 Å². The van der Waals surface area contributed by atoms with E-state index in [9.17, 15) is 5.11 Å². The molecular formula is C15H20N2OS. The summed E-state index contributed by atoms with van der Waals surface area (Å²) >= 11 is 1.72. The summed E-state index contributed by atoms with van der Waals surface area (Å²) in [5.41, 5.74) is 1.09. The summed E-state index contributed by atoms with van der Waals surface area (Å²) in [6, 6.07) is 8.32. The number of piperazine rings is 1. The van der Waals surface area contributed by atoms with Gasteiger partial charge in [-0.25, -0.2) is 0 Å². The van der Waals surface area contributed by atoms with Crippen LogP contribution in [0.5, 0.6) is 0 Å². The molecular weight excluding hydrogens is 256 g/mol. The molecule has 1 aliphatic heterocycles. The molecule has 0 bridgehead atoms. The number of aliphatic hydroxyl groups is 1. The average molecular weight is 276 g/mol. The Hall–Kier alpha value is -0.940. The second-order valence-electron chi connectivity index (χ2n) is 5.08. The molecule has 2 heterocycles. The molecule has 1 atom stereocenters. The zero-order chi connectivity index (χ0) is 13.1. The van der Waals surface area contributed by atoms with Gasteiger partial charge in [0.05, 0.1) is 6.10 Å². The Morgan fingerprint density at radius 1 is 1.26 bits per heavy atom. The number of fused-ring (bicyclic) bond motifs is 1. The first-order valence-electron chi connectivity index (χ1n) is 6.92. The molecule has 0 saturated carbocycles. The van der Waals surface area contributed by atoms with E-state index < -0.39 is 0 Å². The number of nitrogens with zero attached hydrogens (tertiary/aromatic N) is 1. The van der Waals surface area contributed by atoms with Gasteiger partial charge in [0.2, 0.25) is 0 Å². The van der Waals surface area contributed by atoms with Crippen LogP contribution in [0.4, 0.5) is 0 Å².